The largest absolute Gasteiger partial charge is 0.309 e. The highest BCUT2D eigenvalue weighted by Gasteiger charge is 2.49. The summed E-state index contributed by atoms with van der Waals surface area (Å²) in [5, 5.41) is 12.6. The lowest BCUT2D eigenvalue weighted by atomic mass is 9.94. The number of benzene rings is 7. The van der Waals surface area contributed by atoms with E-state index in [1.807, 2.05) is 0 Å². The van der Waals surface area contributed by atoms with Crippen LogP contribution < -0.4 is 30.5 Å². The summed E-state index contributed by atoms with van der Waals surface area (Å²) in [5.74, 6) is 0. The molecule has 0 amide bonds. The minimum Gasteiger partial charge on any atom is -0.309 e. The zero-order valence-corrected chi connectivity index (χ0v) is 32.4. The van der Waals surface area contributed by atoms with Crippen molar-refractivity contribution in [2.45, 2.75) is 49.9 Å². The van der Waals surface area contributed by atoms with Crippen LogP contribution in [0.5, 0.6) is 0 Å². The second kappa shape index (κ2) is 11.5. The lowest BCUT2D eigenvalue weighted by molar-refractivity contribution is 0.935. The maximum absolute atomic E-state index is 5.26. The van der Waals surface area contributed by atoms with Gasteiger partial charge in [-0.25, -0.2) is 0 Å². The summed E-state index contributed by atoms with van der Waals surface area (Å²) < 4.78 is 0. The van der Waals surface area contributed by atoms with Gasteiger partial charge in [0.2, 0.25) is 0 Å². The molecule has 4 aliphatic rings. The van der Waals surface area contributed by atoms with E-state index in [0.29, 0.717) is 0 Å². The van der Waals surface area contributed by atoms with Gasteiger partial charge in [-0.3, -0.25) is 4.98 Å². The van der Waals surface area contributed by atoms with Gasteiger partial charge in [0.05, 0.1) is 16.9 Å². The Morgan fingerprint density at radius 3 is 1.22 bits per heavy atom. The van der Waals surface area contributed by atoms with Crippen molar-refractivity contribution >= 4 is 103 Å². The molecule has 0 aliphatic carbocycles. The van der Waals surface area contributed by atoms with Crippen molar-refractivity contribution in [3.63, 3.8) is 0 Å². The minimum atomic E-state index is -1.92. The molecule has 0 radical (unpaired) electrons. The SMILES string of the molecule is c1ccc2c(c1)N(c1c3ccccc3c(N3c4ccccc4[Si]4(CCCC4)c4ccccc43)c3c1cnc1ccccc13)c1ccccc1[Si]21CCCC1. The molecule has 0 atom stereocenters. The number of fused-ring (bicyclic) bond motifs is 12. The number of nitrogens with zero attached hydrogens (tertiary/aromatic N) is 3. The van der Waals surface area contributed by atoms with Crippen LogP contribution in [-0.2, 0) is 0 Å². The van der Waals surface area contributed by atoms with Gasteiger partial charge in [0.15, 0.2) is 0 Å². The molecule has 2 saturated heterocycles. The predicted octanol–water partition coefficient (Wildman–Crippen LogP) is 10.8. The molecule has 3 nitrogen and oxygen atoms in total. The third kappa shape index (κ3) is 3.98. The molecule has 0 bridgehead atoms. The number of para-hydroxylation sites is 5. The Morgan fingerprint density at radius 2 is 0.741 bits per heavy atom. The molecule has 260 valence electrons. The second-order valence-corrected chi connectivity index (χ2v) is 24.6. The lowest BCUT2D eigenvalue weighted by Crippen LogP contribution is -2.61. The molecule has 8 aromatic rings. The Labute approximate surface area is 318 Å². The van der Waals surface area contributed by atoms with Crippen molar-refractivity contribution in [2.75, 3.05) is 9.80 Å². The lowest BCUT2D eigenvalue weighted by Gasteiger charge is -2.45. The fraction of sp³-hybridized carbons (Fsp3) is 0.163. The first kappa shape index (κ1) is 30.9. The minimum absolute atomic E-state index is 1.03. The Hall–Kier alpha value is -5.50. The topological polar surface area (TPSA) is 19.4 Å². The smallest absolute Gasteiger partial charge is 0.123 e. The molecular formula is C49H41N3Si2. The fourth-order valence-electron chi connectivity index (χ4n) is 11.6. The highest BCUT2D eigenvalue weighted by Crippen LogP contribution is 2.54. The van der Waals surface area contributed by atoms with E-state index in [4.69, 9.17) is 4.98 Å². The number of aromatic nitrogens is 1. The number of hydrogen-bond donors (Lipinski definition) is 0. The van der Waals surface area contributed by atoms with Crippen LogP contribution in [0, 0.1) is 0 Å². The quantitative estimate of drug-likeness (QED) is 0.100. The average molecular weight is 728 g/mol. The van der Waals surface area contributed by atoms with Gasteiger partial charge in [-0.15, -0.1) is 0 Å². The number of anilines is 6. The molecule has 5 heteroatoms. The Morgan fingerprint density at radius 1 is 0.370 bits per heavy atom. The summed E-state index contributed by atoms with van der Waals surface area (Å²) in [7, 11) is -3.82. The monoisotopic (exact) mass is 727 g/mol. The molecule has 5 heterocycles. The first-order valence-electron chi connectivity index (χ1n) is 20.0. The van der Waals surface area contributed by atoms with Crippen LogP contribution >= 0.6 is 0 Å². The summed E-state index contributed by atoms with van der Waals surface area (Å²) in [6.07, 6.45) is 7.51. The first-order chi connectivity index (χ1) is 26.8. The van der Waals surface area contributed by atoms with Crippen LogP contribution in [0.15, 0.2) is 152 Å². The third-order valence-corrected chi connectivity index (χ3v) is 24.4. The summed E-state index contributed by atoms with van der Waals surface area (Å²) in [4.78, 5) is 10.6. The number of hydrogen-bond acceptors (Lipinski definition) is 3. The van der Waals surface area contributed by atoms with Crippen LogP contribution in [0.4, 0.5) is 34.1 Å². The Kier molecular flexibility index (Phi) is 6.58. The maximum Gasteiger partial charge on any atom is 0.123 e. The molecule has 12 rings (SSSR count). The first-order valence-corrected chi connectivity index (χ1v) is 24.8. The molecule has 0 saturated carbocycles. The molecular weight excluding hydrogens is 687 g/mol. The maximum atomic E-state index is 5.26. The normalized spacial score (nSPS) is 17.6. The van der Waals surface area contributed by atoms with Crippen LogP contribution in [0.1, 0.15) is 25.7 Å². The van der Waals surface area contributed by atoms with Crippen LogP contribution in [0.2, 0.25) is 24.2 Å². The van der Waals surface area contributed by atoms with Gasteiger partial charge in [-0.2, -0.15) is 0 Å². The van der Waals surface area contributed by atoms with Crippen molar-refractivity contribution in [1.82, 2.24) is 4.98 Å². The molecule has 0 N–H and O–H groups in total. The second-order valence-electron chi connectivity index (χ2n) is 16.1. The van der Waals surface area contributed by atoms with E-state index in [1.165, 1.54) is 111 Å². The summed E-state index contributed by atoms with van der Waals surface area (Å²) in [5.41, 5.74) is 9.00. The third-order valence-electron chi connectivity index (χ3n) is 13.7. The molecule has 1 aromatic heterocycles. The average Bonchev–Trinajstić information content (AvgIpc) is 3.94. The van der Waals surface area contributed by atoms with E-state index < -0.39 is 16.1 Å². The van der Waals surface area contributed by atoms with Crippen molar-refractivity contribution in [3.05, 3.63) is 152 Å². The van der Waals surface area contributed by atoms with E-state index in [1.54, 1.807) is 20.7 Å². The van der Waals surface area contributed by atoms with E-state index in [-0.39, 0.29) is 0 Å². The standard InChI is InChI=1S/C49H41N3Si2/c1-2-18-35-34(17-1)48(51-39-21-5-9-25-43(39)53(29-13-14-30-53)44-26-10-6-22-40(44)51)37-33-50-38-20-4-3-19-36(38)47(37)49(35)52-41-23-7-11-27-45(41)54(31-15-16-32-54)46-28-12-8-24-42(46)52/h1-12,17-28,33H,13-16,29-32H2. The highest BCUT2D eigenvalue weighted by atomic mass is 28.3. The summed E-state index contributed by atoms with van der Waals surface area (Å²) >= 11 is 0. The zero-order chi connectivity index (χ0) is 35.4. The molecule has 2 fully saturated rings. The number of pyridine rings is 1. The van der Waals surface area contributed by atoms with Crippen LogP contribution in [0.25, 0.3) is 32.4 Å². The van der Waals surface area contributed by atoms with E-state index >= 15 is 0 Å². The van der Waals surface area contributed by atoms with Crippen molar-refractivity contribution in [1.29, 1.82) is 0 Å². The van der Waals surface area contributed by atoms with E-state index in [9.17, 15) is 0 Å². The molecule has 4 aliphatic heterocycles. The molecule has 54 heavy (non-hydrogen) atoms. The molecule has 2 spiro atoms. The van der Waals surface area contributed by atoms with Gasteiger partial charge < -0.3 is 9.80 Å². The summed E-state index contributed by atoms with van der Waals surface area (Å²) in [6, 6.07) is 61.2. The zero-order valence-electron chi connectivity index (χ0n) is 30.4. The number of rotatable bonds is 2. The molecule has 0 unspecified atom stereocenters. The van der Waals surface area contributed by atoms with E-state index in [0.717, 1.165) is 5.52 Å². The Bertz CT molecular complexity index is 2730. The van der Waals surface area contributed by atoms with Gasteiger partial charge >= 0.3 is 0 Å². The highest BCUT2D eigenvalue weighted by molar-refractivity contribution is 7.05. The van der Waals surface area contributed by atoms with Crippen LogP contribution in [0.3, 0.4) is 0 Å². The van der Waals surface area contributed by atoms with Gasteiger partial charge in [-0.1, -0.05) is 141 Å². The van der Waals surface area contributed by atoms with Gasteiger partial charge in [0, 0.05) is 55.9 Å². The predicted molar refractivity (Wildman–Crippen MR) is 234 cm³/mol. The van der Waals surface area contributed by atoms with Gasteiger partial charge in [0.1, 0.15) is 16.1 Å². The van der Waals surface area contributed by atoms with Crippen molar-refractivity contribution in [3.8, 4) is 0 Å². The fourth-order valence-corrected chi connectivity index (χ4v) is 22.6. The van der Waals surface area contributed by atoms with Gasteiger partial charge in [-0.05, 0) is 75.3 Å². The summed E-state index contributed by atoms with van der Waals surface area (Å²) in [6.45, 7) is 0. The Balaban J connectivity index is 1.25. The van der Waals surface area contributed by atoms with Gasteiger partial charge in [0.25, 0.3) is 0 Å². The van der Waals surface area contributed by atoms with E-state index in [2.05, 4.69) is 162 Å². The van der Waals surface area contributed by atoms with Crippen LogP contribution in [-0.4, -0.2) is 21.1 Å². The van der Waals surface area contributed by atoms with Crippen molar-refractivity contribution in [2.24, 2.45) is 0 Å². The van der Waals surface area contributed by atoms with Crippen molar-refractivity contribution < 1.29 is 0 Å². The molecule has 7 aromatic carbocycles.